The molecule has 0 radical (unpaired) electrons. The van der Waals surface area contributed by atoms with E-state index in [-0.39, 0.29) is 0 Å². The van der Waals surface area contributed by atoms with Crippen molar-refractivity contribution in [1.82, 2.24) is 19.8 Å². The lowest BCUT2D eigenvalue weighted by atomic mass is 9.97. The van der Waals surface area contributed by atoms with Gasteiger partial charge in [0.25, 0.3) is 0 Å². The van der Waals surface area contributed by atoms with E-state index < -0.39 is 0 Å². The van der Waals surface area contributed by atoms with Crippen molar-refractivity contribution in [2.45, 2.75) is 26.7 Å². The number of piperazine rings is 1. The summed E-state index contributed by atoms with van der Waals surface area (Å²) in [6.45, 7) is 10.3. The zero-order chi connectivity index (χ0) is 16.4. The predicted octanol–water partition coefficient (Wildman–Crippen LogP) is 1.08. The number of carbonyl (C=O) groups is 1. The fraction of sp³-hybridized carbons (Fsp3) is 0.706. The van der Waals surface area contributed by atoms with E-state index in [1.54, 1.807) is 6.33 Å². The van der Waals surface area contributed by atoms with Crippen LogP contribution in [0.5, 0.6) is 0 Å². The molecule has 2 aliphatic heterocycles. The first-order chi connectivity index (χ1) is 11.0. The maximum atomic E-state index is 11.6. The Bertz CT molecular complexity index is 568. The fourth-order valence-electron chi connectivity index (χ4n) is 3.60. The highest BCUT2D eigenvalue weighted by Crippen LogP contribution is 2.22. The summed E-state index contributed by atoms with van der Waals surface area (Å²) in [6, 6.07) is 0. The molecule has 0 bridgehead atoms. The van der Waals surface area contributed by atoms with Gasteiger partial charge in [0.2, 0.25) is 5.91 Å². The van der Waals surface area contributed by atoms with E-state index in [2.05, 4.69) is 26.7 Å². The van der Waals surface area contributed by atoms with Crippen LogP contribution in [0.4, 0.5) is 5.82 Å². The molecule has 0 aromatic carbocycles. The molecule has 0 saturated carbocycles. The van der Waals surface area contributed by atoms with Crippen LogP contribution in [-0.2, 0) is 4.79 Å². The summed E-state index contributed by atoms with van der Waals surface area (Å²) < 4.78 is 0. The van der Waals surface area contributed by atoms with Crippen molar-refractivity contribution in [3.05, 3.63) is 17.6 Å². The summed E-state index contributed by atoms with van der Waals surface area (Å²) in [5, 5.41) is 0. The van der Waals surface area contributed by atoms with Crippen LogP contribution in [0, 0.1) is 19.8 Å². The number of anilines is 1. The van der Waals surface area contributed by atoms with E-state index >= 15 is 0 Å². The molecule has 0 spiro atoms. The van der Waals surface area contributed by atoms with Crippen molar-refractivity contribution in [3.8, 4) is 0 Å². The largest absolute Gasteiger partial charge is 0.354 e. The number of rotatable bonds is 3. The van der Waals surface area contributed by atoms with Gasteiger partial charge >= 0.3 is 0 Å². The molecular formula is C17H27N5O. The summed E-state index contributed by atoms with van der Waals surface area (Å²) in [6.07, 6.45) is 3.41. The van der Waals surface area contributed by atoms with Gasteiger partial charge in [-0.1, -0.05) is 0 Å². The predicted molar refractivity (Wildman–Crippen MR) is 90.5 cm³/mol. The van der Waals surface area contributed by atoms with Crippen molar-refractivity contribution in [2.75, 3.05) is 51.2 Å². The molecule has 1 amide bonds. The fourth-order valence-corrected chi connectivity index (χ4v) is 3.60. The van der Waals surface area contributed by atoms with Crippen LogP contribution in [-0.4, -0.2) is 72.0 Å². The maximum absolute atomic E-state index is 11.6. The molecule has 1 aromatic heterocycles. The number of piperidine rings is 1. The molecule has 2 aliphatic rings. The quantitative estimate of drug-likeness (QED) is 0.835. The molecule has 6 nitrogen and oxygen atoms in total. The van der Waals surface area contributed by atoms with Gasteiger partial charge in [-0.15, -0.1) is 0 Å². The number of carbonyl (C=O) groups excluding carboxylic acids is 1. The summed E-state index contributed by atoms with van der Waals surface area (Å²) in [5.74, 6) is 1.99. The zero-order valence-corrected chi connectivity index (χ0v) is 14.5. The highest BCUT2D eigenvalue weighted by molar-refractivity contribution is 5.76. The lowest BCUT2D eigenvalue weighted by Crippen LogP contribution is -2.50. The third-order valence-corrected chi connectivity index (χ3v) is 5.22. The highest BCUT2D eigenvalue weighted by Gasteiger charge is 2.26. The van der Waals surface area contributed by atoms with Crippen LogP contribution in [0.3, 0.4) is 0 Å². The van der Waals surface area contributed by atoms with E-state index in [4.69, 9.17) is 0 Å². The van der Waals surface area contributed by atoms with Gasteiger partial charge in [-0.05, 0) is 26.2 Å². The van der Waals surface area contributed by atoms with Gasteiger partial charge in [0.15, 0.2) is 0 Å². The maximum Gasteiger partial charge on any atom is 0.222 e. The van der Waals surface area contributed by atoms with Crippen LogP contribution in [0.2, 0.25) is 0 Å². The molecule has 1 unspecified atom stereocenters. The van der Waals surface area contributed by atoms with Crippen molar-refractivity contribution >= 4 is 11.7 Å². The Morgan fingerprint density at radius 2 is 1.91 bits per heavy atom. The second kappa shape index (κ2) is 6.83. The van der Waals surface area contributed by atoms with Crippen LogP contribution < -0.4 is 4.90 Å². The van der Waals surface area contributed by atoms with Gasteiger partial charge in [-0.3, -0.25) is 9.69 Å². The zero-order valence-electron chi connectivity index (χ0n) is 14.5. The first kappa shape index (κ1) is 16.2. The third-order valence-electron chi connectivity index (χ3n) is 5.22. The van der Waals surface area contributed by atoms with Crippen LogP contribution in [0.15, 0.2) is 6.33 Å². The minimum atomic E-state index is 0.292. The topological polar surface area (TPSA) is 52.6 Å². The molecule has 126 valence electrons. The SMILES string of the molecule is Cc1ncnc(N2CCN(CC3CCC(=O)N(C)C3)CC2)c1C. The van der Waals surface area contributed by atoms with Gasteiger partial charge < -0.3 is 9.80 Å². The van der Waals surface area contributed by atoms with Gasteiger partial charge in [0.1, 0.15) is 12.1 Å². The van der Waals surface area contributed by atoms with E-state index in [1.165, 1.54) is 5.56 Å². The minimum absolute atomic E-state index is 0.292. The Morgan fingerprint density at radius 1 is 1.17 bits per heavy atom. The standard InChI is InChI=1S/C17H27N5O/c1-13-14(2)18-12-19-17(13)22-8-6-21(7-9-22)11-15-4-5-16(23)20(3)10-15/h12,15H,4-11H2,1-3H3. The molecule has 2 saturated heterocycles. The average molecular weight is 317 g/mol. The molecule has 1 aromatic rings. The Morgan fingerprint density at radius 3 is 2.61 bits per heavy atom. The van der Waals surface area contributed by atoms with E-state index in [0.29, 0.717) is 18.2 Å². The van der Waals surface area contributed by atoms with Crippen LogP contribution in [0.1, 0.15) is 24.1 Å². The minimum Gasteiger partial charge on any atom is -0.354 e. The molecule has 1 atom stereocenters. The lowest BCUT2D eigenvalue weighted by Gasteiger charge is -2.39. The number of likely N-dealkylation sites (tertiary alicyclic amines) is 1. The summed E-state index contributed by atoms with van der Waals surface area (Å²) >= 11 is 0. The molecule has 23 heavy (non-hydrogen) atoms. The van der Waals surface area contributed by atoms with E-state index in [0.717, 1.165) is 57.2 Å². The van der Waals surface area contributed by atoms with Crippen molar-refractivity contribution in [1.29, 1.82) is 0 Å². The molecule has 2 fully saturated rings. The lowest BCUT2D eigenvalue weighted by molar-refractivity contribution is -0.133. The summed E-state index contributed by atoms with van der Waals surface area (Å²) in [4.78, 5) is 27.1. The number of hydrogen-bond donors (Lipinski definition) is 0. The third kappa shape index (κ3) is 3.63. The first-order valence-electron chi connectivity index (χ1n) is 8.54. The van der Waals surface area contributed by atoms with E-state index in [9.17, 15) is 4.79 Å². The van der Waals surface area contributed by atoms with Crippen LogP contribution in [0.25, 0.3) is 0 Å². The average Bonchev–Trinajstić information content (AvgIpc) is 2.55. The van der Waals surface area contributed by atoms with Gasteiger partial charge in [0, 0.05) is 64.0 Å². The van der Waals surface area contributed by atoms with E-state index in [1.807, 2.05) is 18.9 Å². The molecule has 6 heteroatoms. The van der Waals surface area contributed by atoms with Gasteiger partial charge in [0.05, 0.1) is 0 Å². The number of hydrogen-bond acceptors (Lipinski definition) is 5. The Balaban J connectivity index is 1.52. The number of aromatic nitrogens is 2. The second-order valence-corrected chi connectivity index (χ2v) is 6.87. The highest BCUT2D eigenvalue weighted by atomic mass is 16.2. The number of nitrogens with zero attached hydrogens (tertiary/aromatic N) is 5. The van der Waals surface area contributed by atoms with Crippen molar-refractivity contribution < 1.29 is 4.79 Å². The number of amides is 1. The Labute approximate surface area is 138 Å². The number of aryl methyl sites for hydroxylation is 1. The van der Waals surface area contributed by atoms with Crippen LogP contribution >= 0.6 is 0 Å². The Kier molecular flexibility index (Phi) is 4.80. The molecular weight excluding hydrogens is 290 g/mol. The molecule has 0 N–H and O–H groups in total. The van der Waals surface area contributed by atoms with Gasteiger partial charge in [-0.2, -0.15) is 0 Å². The molecule has 0 aliphatic carbocycles. The van der Waals surface area contributed by atoms with Gasteiger partial charge in [-0.25, -0.2) is 9.97 Å². The first-order valence-corrected chi connectivity index (χ1v) is 8.54. The monoisotopic (exact) mass is 317 g/mol. The normalized spacial score (nSPS) is 23.4. The van der Waals surface area contributed by atoms with Crippen molar-refractivity contribution in [2.24, 2.45) is 5.92 Å². The second-order valence-electron chi connectivity index (χ2n) is 6.87. The summed E-state index contributed by atoms with van der Waals surface area (Å²) in [7, 11) is 1.92. The molecule has 3 heterocycles. The summed E-state index contributed by atoms with van der Waals surface area (Å²) in [5.41, 5.74) is 2.25. The molecule has 3 rings (SSSR count). The van der Waals surface area contributed by atoms with Crippen molar-refractivity contribution in [3.63, 3.8) is 0 Å². The smallest absolute Gasteiger partial charge is 0.222 e. The Hall–Kier alpha value is -1.69.